The summed E-state index contributed by atoms with van der Waals surface area (Å²) >= 11 is 0. The monoisotopic (exact) mass is 395 g/mol. The summed E-state index contributed by atoms with van der Waals surface area (Å²) in [6, 6.07) is 8.37. The lowest BCUT2D eigenvalue weighted by Crippen LogP contribution is -2.37. The van der Waals surface area contributed by atoms with Crippen molar-refractivity contribution in [2.45, 2.75) is 18.9 Å². The highest BCUT2D eigenvalue weighted by Gasteiger charge is 2.42. The van der Waals surface area contributed by atoms with Crippen molar-refractivity contribution >= 4 is 11.9 Å². The average molecular weight is 395 g/mol. The number of esters is 1. The Morgan fingerprint density at radius 2 is 2.14 bits per heavy atom. The molecule has 0 unspecified atom stereocenters. The molecule has 2 heterocycles. The quantitative estimate of drug-likeness (QED) is 0.614. The fourth-order valence-electron chi connectivity index (χ4n) is 2.85. The number of likely N-dealkylation sites (N-methyl/N-ethyl adjacent to an activating group) is 1. The highest BCUT2D eigenvalue weighted by molar-refractivity contribution is 5.90. The van der Waals surface area contributed by atoms with Crippen molar-refractivity contribution < 1.29 is 24.2 Å². The molecule has 1 aromatic carbocycles. The van der Waals surface area contributed by atoms with Gasteiger partial charge in [0.05, 0.1) is 13.7 Å². The van der Waals surface area contributed by atoms with Crippen LogP contribution in [0.1, 0.15) is 29.4 Å². The molecule has 1 amide bonds. The van der Waals surface area contributed by atoms with Gasteiger partial charge in [0.2, 0.25) is 11.5 Å². The van der Waals surface area contributed by atoms with Gasteiger partial charge in [-0.2, -0.15) is 4.98 Å². The van der Waals surface area contributed by atoms with Crippen molar-refractivity contribution in [1.29, 1.82) is 0 Å². The lowest BCUT2D eigenvalue weighted by molar-refractivity contribution is -0.137. The van der Waals surface area contributed by atoms with Crippen LogP contribution in [0.4, 0.5) is 0 Å². The van der Waals surface area contributed by atoms with Gasteiger partial charge in [0.25, 0.3) is 5.91 Å². The maximum absolute atomic E-state index is 12.1. The molecule has 2 aromatic rings. The van der Waals surface area contributed by atoms with Crippen molar-refractivity contribution in [2.24, 2.45) is 0 Å². The molecule has 1 aliphatic rings. The van der Waals surface area contributed by atoms with Crippen molar-refractivity contribution in [1.82, 2.24) is 14.9 Å². The number of benzene rings is 1. The Morgan fingerprint density at radius 3 is 2.79 bits per heavy atom. The minimum atomic E-state index is -1.67. The third-order valence-electron chi connectivity index (χ3n) is 4.44. The molecule has 0 bridgehead atoms. The lowest BCUT2D eigenvalue weighted by atomic mass is 10.0. The Morgan fingerprint density at radius 1 is 1.34 bits per heavy atom. The number of carbonyl (C=O) groups excluding carboxylic acids is 2. The van der Waals surface area contributed by atoms with Gasteiger partial charge in [-0.25, -0.2) is 9.78 Å². The summed E-state index contributed by atoms with van der Waals surface area (Å²) in [6.45, 7) is 2.39. The Bertz CT molecular complexity index is 1010. The van der Waals surface area contributed by atoms with E-state index in [0.717, 1.165) is 0 Å². The van der Waals surface area contributed by atoms with Gasteiger partial charge in [-0.3, -0.25) is 4.79 Å². The molecule has 29 heavy (non-hydrogen) atoms. The number of hydrogen-bond acceptors (Lipinski definition) is 7. The van der Waals surface area contributed by atoms with E-state index >= 15 is 0 Å². The van der Waals surface area contributed by atoms with E-state index in [9.17, 15) is 14.7 Å². The van der Waals surface area contributed by atoms with Gasteiger partial charge in [0, 0.05) is 37.2 Å². The lowest BCUT2D eigenvalue weighted by Gasteiger charge is -2.13. The predicted octanol–water partition coefficient (Wildman–Crippen LogP) is 1.27. The first-order valence-corrected chi connectivity index (χ1v) is 9.08. The highest BCUT2D eigenvalue weighted by Crippen LogP contribution is 2.23. The maximum atomic E-state index is 12.1. The molecule has 150 valence electrons. The summed E-state index contributed by atoms with van der Waals surface area (Å²) in [5.74, 6) is 5.04. The molecule has 0 saturated carbocycles. The van der Waals surface area contributed by atoms with E-state index < -0.39 is 17.5 Å². The molecule has 1 aromatic heterocycles. The van der Waals surface area contributed by atoms with Crippen LogP contribution in [0.3, 0.4) is 0 Å². The van der Waals surface area contributed by atoms with Crippen LogP contribution in [0.25, 0.3) is 11.4 Å². The van der Waals surface area contributed by atoms with E-state index in [2.05, 4.69) is 21.8 Å². The summed E-state index contributed by atoms with van der Waals surface area (Å²) in [7, 11) is 3.07. The molecular formula is C21H21N3O5. The number of likely N-dealkylation sites (tertiary alicyclic amines) is 1. The number of methoxy groups -OCH3 is 1. The van der Waals surface area contributed by atoms with Crippen molar-refractivity contribution in [3.8, 4) is 29.1 Å². The summed E-state index contributed by atoms with van der Waals surface area (Å²) in [6.07, 6.45) is 0.261. The zero-order chi connectivity index (χ0) is 21.0. The highest BCUT2D eigenvalue weighted by atomic mass is 16.5. The smallest absolute Gasteiger partial charge is 0.357 e. The Hall–Kier alpha value is -3.44. The number of hydrogen-bond donors (Lipinski definition) is 1. The molecule has 0 spiro atoms. The standard InChI is InChI=1S/C21H21N3O5/c1-4-29-19(25)16-13-17(28-3)23-18(22-16)15-7-5-6-14(12-15)8-9-21(27)10-11-24(2)20(21)26/h5-7,12-13,27H,4,10-11H2,1-3H3/t21-/m0/s1. The van der Waals surface area contributed by atoms with E-state index in [0.29, 0.717) is 17.7 Å². The molecular weight excluding hydrogens is 374 g/mol. The van der Waals surface area contributed by atoms with Crippen molar-refractivity contribution in [3.63, 3.8) is 0 Å². The first kappa shape index (κ1) is 20.3. The van der Waals surface area contributed by atoms with Gasteiger partial charge in [-0.05, 0) is 19.1 Å². The van der Waals surface area contributed by atoms with Crippen LogP contribution in [-0.4, -0.2) is 64.8 Å². The van der Waals surface area contributed by atoms with Crippen LogP contribution in [0.2, 0.25) is 0 Å². The van der Waals surface area contributed by atoms with Crippen molar-refractivity contribution in [2.75, 3.05) is 27.3 Å². The second-order valence-electron chi connectivity index (χ2n) is 6.51. The number of nitrogens with zero attached hydrogens (tertiary/aromatic N) is 3. The molecule has 1 N–H and O–H groups in total. The average Bonchev–Trinajstić information content (AvgIpc) is 3.00. The molecule has 8 nitrogen and oxygen atoms in total. The summed E-state index contributed by atoms with van der Waals surface area (Å²) in [5.41, 5.74) is -0.418. The second-order valence-corrected chi connectivity index (χ2v) is 6.51. The molecule has 1 aliphatic heterocycles. The van der Waals surface area contributed by atoms with Crippen LogP contribution in [0, 0.1) is 11.8 Å². The van der Waals surface area contributed by atoms with E-state index in [-0.39, 0.29) is 30.4 Å². The van der Waals surface area contributed by atoms with E-state index in [1.807, 2.05) is 0 Å². The normalized spacial score (nSPS) is 18.2. The zero-order valence-electron chi connectivity index (χ0n) is 16.4. The topological polar surface area (TPSA) is 102 Å². The van der Waals surface area contributed by atoms with Crippen LogP contribution >= 0.6 is 0 Å². The van der Waals surface area contributed by atoms with E-state index in [1.54, 1.807) is 38.2 Å². The van der Waals surface area contributed by atoms with Gasteiger partial charge >= 0.3 is 5.97 Å². The van der Waals surface area contributed by atoms with Gasteiger partial charge in [-0.1, -0.05) is 24.0 Å². The summed E-state index contributed by atoms with van der Waals surface area (Å²) in [4.78, 5) is 34.1. The zero-order valence-corrected chi connectivity index (χ0v) is 16.4. The summed E-state index contributed by atoms with van der Waals surface area (Å²) < 4.78 is 10.2. The van der Waals surface area contributed by atoms with Gasteiger partial charge in [0.15, 0.2) is 11.5 Å². The van der Waals surface area contributed by atoms with Gasteiger partial charge < -0.3 is 19.5 Å². The molecule has 0 radical (unpaired) electrons. The first-order valence-electron chi connectivity index (χ1n) is 9.08. The van der Waals surface area contributed by atoms with E-state index in [4.69, 9.17) is 9.47 Å². The number of rotatable bonds is 4. The molecule has 1 atom stereocenters. The Labute approximate surface area is 168 Å². The fourth-order valence-corrected chi connectivity index (χ4v) is 2.85. The molecule has 8 heteroatoms. The van der Waals surface area contributed by atoms with Crippen LogP contribution in [0.5, 0.6) is 5.88 Å². The minimum absolute atomic E-state index is 0.0825. The molecule has 1 saturated heterocycles. The van der Waals surface area contributed by atoms with Crippen LogP contribution < -0.4 is 4.74 Å². The predicted molar refractivity (Wildman–Crippen MR) is 104 cm³/mol. The number of aromatic nitrogens is 2. The van der Waals surface area contributed by atoms with Gasteiger partial charge in [0.1, 0.15) is 0 Å². The minimum Gasteiger partial charge on any atom is -0.481 e. The third-order valence-corrected chi connectivity index (χ3v) is 4.44. The van der Waals surface area contributed by atoms with Crippen molar-refractivity contribution in [3.05, 3.63) is 41.6 Å². The number of aliphatic hydroxyl groups is 1. The van der Waals surface area contributed by atoms with E-state index in [1.165, 1.54) is 18.1 Å². The number of carbonyl (C=O) groups is 2. The molecule has 0 aliphatic carbocycles. The largest absolute Gasteiger partial charge is 0.481 e. The summed E-state index contributed by atoms with van der Waals surface area (Å²) in [5, 5.41) is 10.4. The Balaban J connectivity index is 1.94. The fraction of sp³-hybridized carbons (Fsp3) is 0.333. The van der Waals surface area contributed by atoms with Gasteiger partial charge in [-0.15, -0.1) is 0 Å². The number of amides is 1. The Kier molecular flexibility index (Phi) is 5.80. The SMILES string of the molecule is CCOC(=O)c1cc(OC)nc(-c2cccc(C#C[C@]3(O)CCN(C)C3=O)c2)n1. The number of ether oxygens (including phenoxy) is 2. The maximum Gasteiger partial charge on any atom is 0.357 e. The molecule has 3 rings (SSSR count). The third kappa shape index (κ3) is 4.36. The molecule has 1 fully saturated rings. The second kappa shape index (κ2) is 8.29. The van der Waals surface area contributed by atoms with Crippen LogP contribution in [-0.2, 0) is 9.53 Å². The first-order chi connectivity index (χ1) is 13.9. The van der Waals surface area contributed by atoms with Crippen LogP contribution in [0.15, 0.2) is 30.3 Å².